The minimum absolute atomic E-state index is 0.142. The third-order valence-electron chi connectivity index (χ3n) is 2.06. The Balaban J connectivity index is 2.39. The van der Waals surface area contributed by atoms with Gasteiger partial charge in [0.1, 0.15) is 12.3 Å². The molecule has 0 unspecified atom stereocenters. The zero-order valence-electron chi connectivity index (χ0n) is 9.77. The molecule has 1 aromatic heterocycles. The summed E-state index contributed by atoms with van der Waals surface area (Å²) in [6.07, 6.45) is 2.34. The topological polar surface area (TPSA) is 95.7 Å². The number of rotatable bonds is 5. The van der Waals surface area contributed by atoms with Crippen LogP contribution in [0.2, 0.25) is 0 Å². The highest BCUT2D eigenvalue weighted by molar-refractivity contribution is 5.79. The van der Waals surface area contributed by atoms with Gasteiger partial charge < -0.3 is 19.7 Å². The number of aryl methyl sites for hydroxylation is 1. The van der Waals surface area contributed by atoms with E-state index in [1.54, 1.807) is 6.20 Å². The van der Waals surface area contributed by atoms with Gasteiger partial charge in [-0.1, -0.05) is 6.92 Å². The van der Waals surface area contributed by atoms with Crippen molar-refractivity contribution in [2.75, 3.05) is 13.6 Å². The van der Waals surface area contributed by atoms with Crippen molar-refractivity contribution in [3.63, 3.8) is 0 Å². The van der Waals surface area contributed by atoms with Crippen LogP contribution in [0.5, 0.6) is 0 Å². The molecule has 0 radical (unpaired) electrons. The molecule has 0 fully saturated rings. The molecule has 0 aliphatic heterocycles. The Labute approximate surface area is 98.4 Å². The smallest absolute Gasteiger partial charge is 0.323 e. The van der Waals surface area contributed by atoms with E-state index in [-0.39, 0.29) is 13.1 Å². The minimum atomic E-state index is -1.06. The van der Waals surface area contributed by atoms with E-state index in [9.17, 15) is 9.59 Å². The molecule has 1 heterocycles. The molecule has 0 saturated heterocycles. The summed E-state index contributed by atoms with van der Waals surface area (Å²) in [6.45, 7) is 1.73. The summed E-state index contributed by atoms with van der Waals surface area (Å²) in [5.74, 6) is 0.0825. The first-order valence-electron chi connectivity index (χ1n) is 5.17. The van der Waals surface area contributed by atoms with E-state index in [4.69, 9.17) is 9.52 Å². The third kappa shape index (κ3) is 4.13. The standard InChI is InChI=1S/C10H15N3O4/c1-3-7-4-11-8(17-7)5-12-10(16)13(2)6-9(14)15/h4H,3,5-6H2,1-2H3,(H,12,16)(H,14,15). The quantitative estimate of drug-likeness (QED) is 0.780. The zero-order chi connectivity index (χ0) is 12.8. The summed E-state index contributed by atoms with van der Waals surface area (Å²) in [6, 6.07) is -0.483. The van der Waals surface area contributed by atoms with Crippen LogP contribution in [-0.4, -0.2) is 40.6 Å². The number of aromatic nitrogens is 1. The number of hydrogen-bond donors (Lipinski definition) is 2. The fourth-order valence-electron chi connectivity index (χ4n) is 1.15. The van der Waals surface area contributed by atoms with E-state index < -0.39 is 12.0 Å². The highest BCUT2D eigenvalue weighted by Gasteiger charge is 2.12. The van der Waals surface area contributed by atoms with Crippen molar-refractivity contribution < 1.29 is 19.1 Å². The number of aliphatic carboxylic acids is 1. The second-order valence-corrected chi connectivity index (χ2v) is 3.48. The van der Waals surface area contributed by atoms with Gasteiger partial charge in [0.05, 0.1) is 12.7 Å². The molecule has 0 saturated carbocycles. The summed E-state index contributed by atoms with van der Waals surface area (Å²) >= 11 is 0. The fraction of sp³-hybridized carbons (Fsp3) is 0.500. The average Bonchev–Trinajstić information content (AvgIpc) is 2.72. The molecule has 1 aromatic rings. The molecule has 2 N–H and O–H groups in total. The molecule has 0 spiro atoms. The van der Waals surface area contributed by atoms with E-state index in [2.05, 4.69) is 10.3 Å². The Morgan fingerprint density at radius 2 is 2.29 bits per heavy atom. The number of hydrogen-bond acceptors (Lipinski definition) is 4. The van der Waals surface area contributed by atoms with Crippen molar-refractivity contribution in [2.24, 2.45) is 0 Å². The molecule has 0 aliphatic rings. The van der Waals surface area contributed by atoms with Gasteiger partial charge in [-0.25, -0.2) is 9.78 Å². The number of nitrogens with one attached hydrogen (secondary N) is 1. The van der Waals surface area contributed by atoms with Crippen LogP contribution < -0.4 is 5.32 Å². The van der Waals surface area contributed by atoms with Crippen molar-refractivity contribution in [1.82, 2.24) is 15.2 Å². The molecule has 0 atom stereocenters. The Kier molecular flexibility index (Phi) is 4.50. The summed E-state index contributed by atoms with van der Waals surface area (Å²) in [7, 11) is 1.40. The van der Waals surface area contributed by atoms with Crippen molar-refractivity contribution >= 4 is 12.0 Å². The molecule has 0 bridgehead atoms. The summed E-state index contributed by atoms with van der Waals surface area (Å²) in [5.41, 5.74) is 0. The van der Waals surface area contributed by atoms with Crippen LogP contribution in [0.1, 0.15) is 18.6 Å². The van der Waals surface area contributed by atoms with Crippen molar-refractivity contribution in [1.29, 1.82) is 0 Å². The molecular weight excluding hydrogens is 226 g/mol. The lowest BCUT2D eigenvalue weighted by molar-refractivity contribution is -0.137. The fourth-order valence-corrected chi connectivity index (χ4v) is 1.15. The number of likely N-dealkylation sites (N-methyl/N-ethyl adjacent to an activating group) is 1. The lowest BCUT2D eigenvalue weighted by Crippen LogP contribution is -2.39. The number of urea groups is 1. The Bertz CT molecular complexity index is 402. The van der Waals surface area contributed by atoms with Crippen molar-refractivity contribution in [3.8, 4) is 0 Å². The molecule has 0 aromatic carbocycles. The first-order chi connectivity index (χ1) is 8.02. The third-order valence-corrected chi connectivity index (χ3v) is 2.06. The molecule has 17 heavy (non-hydrogen) atoms. The Morgan fingerprint density at radius 3 is 2.82 bits per heavy atom. The molecular formula is C10H15N3O4. The first kappa shape index (κ1) is 13.0. The second-order valence-electron chi connectivity index (χ2n) is 3.48. The van der Waals surface area contributed by atoms with E-state index in [0.717, 1.165) is 17.1 Å². The van der Waals surface area contributed by atoms with Crippen molar-refractivity contribution in [2.45, 2.75) is 19.9 Å². The van der Waals surface area contributed by atoms with Gasteiger partial charge in [0.15, 0.2) is 0 Å². The van der Waals surface area contributed by atoms with Gasteiger partial charge in [-0.15, -0.1) is 0 Å². The lowest BCUT2D eigenvalue weighted by atomic mass is 10.4. The zero-order valence-corrected chi connectivity index (χ0v) is 9.77. The number of nitrogens with zero attached hydrogens (tertiary/aromatic N) is 2. The lowest BCUT2D eigenvalue weighted by Gasteiger charge is -2.14. The number of carbonyl (C=O) groups excluding carboxylic acids is 1. The monoisotopic (exact) mass is 241 g/mol. The van der Waals surface area contributed by atoms with Crippen LogP contribution in [0.4, 0.5) is 4.79 Å². The molecule has 2 amide bonds. The predicted octanol–water partition coefficient (Wildman–Crippen LogP) is 0.463. The molecule has 0 aliphatic carbocycles. The van der Waals surface area contributed by atoms with E-state index in [0.29, 0.717) is 5.89 Å². The van der Waals surface area contributed by atoms with E-state index >= 15 is 0 Å². The van der Waals surface area contributed by atoms with Gasteiger partial charge in [-0.2, -0.15) is 0 Å². The minimum Gasteiger partial charge on any atom is -0.480 e. The maximum atomic E-state index is 11.4. The van der Waals surface area contributed by atoms with Gasteiger partial charge >= 0.3 is 12.0 Å². The number of carboxylic acids is 1. The van der Waals surface area contributed by atoms with Gasteiger partial charge in [0.2, 0.25) is 5.89 Å². The van der Waals surface area contributed by atoms with Gasteiger partial charge in [-0.3, -0.25) is 4.79 Å². The molecule has 94 valence electrons. The van der Waals surface area contributed by atoms with Crippen LogP contribution in [0.25, 0.3) is 0 Å². The average molecular weight is 241 g/mol. The van der Waals surface area contributed by atoms with Crippen LogP contribution in [-0.2, 0) is 17.8 Å². The highest BCUT2D eigenvalue weighted by Crippen LogP contribution is 2.03. The molecule has 1 rings (SSSR count). The summed E-state index contributed by atoms with van der Waals surface area (Å²) in [5, 5.41) is 11.0. The van der Waals surface area contributed by atoms with Gasteiger partial charge in [0.25, 0.3) is 0 Å². The highest BCUT2D eigenvalue weighted by atomic mass is 16.4. The largest absolute Gasteiger partial charge is 0.480 e. The number of amides is 2. The number of carbonyl (C=O) groups is 2. The Morgan fingerprint density at radius 1 is 1.59 bits per heavy atom. The second kappa shape index (κ2) is 5.88. The number of oxazole rings is 1. The molecule has 7 nitrogen and oxygen atoms in total. The Hall–Kier alpha value is -2.05. The maximum Gasteiger partial charge on any atom is 0.323 e. The normalized spacial score (nSPS) is 10.0. The van der Waals surface area contributed by atoms with Crippen molar-refractivity contribution in [3.05, 3.63) is 17.8 Å². The van der Waals surface area contributed by atoms with Gasteiger partial charge in [0, 0.05) is 13.5 Å². The number of carboxylic acid groups (broad SMARTS) is 1. The van der Waals surface area contributed by atoms with Crippen LogP contribution in [0.3, 0.4) is 0 Å². The summed E-state index contributed by atoms with van der Waals surface area (Å²) < 4.78 is 5.28. The van der Waals surface area contributed by atoms with E-state index in [1.807, 2.05) is 6.92 Å². The summed E-state index contributed by atoms with van der Waals surface area (Å²) in [4.78, 5) is 26.8. The SMILES string of the molecule is CCc1cnc(CNC(=O)N(C)CC(=O)O)o1. The maximum absolute atomic E-state index is 11.4. The predicted molar refractivity (Wildman–Crippen MR) is 58.4 cm³/mol. The van der Waals surface area contributed by atoms with Gasteiger partial charge in [-0.05, 0) is 0 Å². The first-order valence-corrected chi connectivity index (χ1v) is 5.17. The van der Waals surface area contributed by atoms with E-state index in [1.165, 1.54) is 7.05 Å². The van der Waals surface area contributed by atoms with Crippen LogP contribution in [0, 0.1) is 0 Å². The van der Waals surface area contributed by atoms with Crippen LogP contribution >= 0.6 is 0 Å². The van der Waals surface area contributed by atoms with Crippen LogP contribution in [0.15, 0.2) is 10.6 Å². The molecule has 7 heteroatoms.